The van der Waals surface area contributed by atoms with E-state index >= 15 is 0 Å². The van der Waals surface area contributed by atoms with Crippen LogP contribution < -0.4 is 5.32 Å². The van der Waals surface area contributed by atoms with Gasteiger partial charge in [-0.3, -0.25) is 9.20 Å². The molecule has 0 saturated heterocycles. The molecule has 1 fully saturated rings. The summed E-state index contributed by atoms with van der Waals surface area (Å²) in [4.78, 5) is 21.5. The molecule has 0 unspecified atom stereocenters. The van der Waals surface area contributed by atoms with Crippen LogP contribution in [0.3, 0.4) is 0 Å². The Labute approximate surface area is 171 Å². The van der Waals surface area contributed by atoms with Gasteiger partial charge in [-0.1, -0.05) is 23.4 Å². The lowest BCUT2D eigenvalue weighted by Crippen LogP contribution is -2.35. The fourth-order valence-electron chi connectivity index (χ4n) is 3.84. The van der Waals surface area contributed by atoms with Crippen LogP contribution in [0.4, 0.5) is 10.1 Å². The van der Waals surface area contributed by atoms with E-state index in [9.17, 15) is 9.18 Å². The Morgan fingerprint density at radius 1 is 1.30 bits per heavy atom. The summed E-state index contributed by atoms with van der Waals surface area (Å²) in [6.07, 6.45) is 4.13. The number of imidazole rings is 1. The zero-order chi connectivity index (χ0) is 20.9. The van der Waals surface area contributed by atoms with Gasteiger partial charge in [0.15, 0.2) is 0 Å². The number of amides is 1. The van der Waals surface area contributed by atoms with Crippen molar-refractivity contribution in [3.63, 3.8) is 0 Å². The van der Waals surface area contributed by atoms with Gasteiger partial charge >= 0.3 is 0 Å². The number of pyridine rings is 1. The molecular formula is C22H20FN5O2. The van der Waals surface area contributed by atoms with E-state index in [1.807, 2.05) is 43.3 Å². The van der Waals surface area contributed by atoms with Crippen LogP contribution in [-0.2, 0) is 0 Å². The Bertz CT molecular complexity index is 1250. The summed E-state index contributed by atoms with van der Waals surface area (Å²) in [6.45, 7) is 3.49. The second-order valence-corrected chi connectivity index (χ2v) is 8.03. The number of hydrogen-bond donors (Lipinski definition) is 1. The second kappa shape index (κ2) is 6.76. The molecule has 0 bridgehead atoms. The van der Waals surface area contributed by atoms with E-state index in [2.05, 4.69) is 20.4 Å². The predicted molar refractivity (Wildman–Crippen MR) is 109 cm³/mol. The molecule has 0 radical (unpaired) electrons. The topological polar surface area (TPSA) is 85.3 Å². The van der Waals surface area contributed by atoms with Crippen LogP contribution in [0.15, 0.2) is 53.3 Å². The molecule has 1 amide bonds. The van der Waals surface area contributed by atoms with E-state index in [1.54, 1.807) is 23.7 Å². The highest BCUT2D eigenvalue weighted by Gasteiger charge is 2.44. The highest BCUT2D eigenvalue weighted by Crippen LogP contribution is 2.46. The van der Waals surface area contributed by atoms with Crippen molar-refractivity contribution in [2.45, 2.75) is 38.3 Å². The lowest BCUT2D eigenvalue weighted by atomic mass is 9.73. The van der Waals surface area contributed by atoms with Crippen LogP contribution in [0.1, 0.15) is 47.6 Å². The molecule has 3 heterocycles. The van der Waals surface area contributed by atoms with E-state index < -0.39 is 5.67 Å². The fraction of sp³-hybridized carbons (Fsp3) is 0.273. The van der Waals surface area contributed by atoms with Crippen molar-refractivity contribution in [3.05, 3.63) is 65.9 Å². The maximum atomic E-state index is 13.8. The molecule has 1 aromatic carbocycles. The van der Waals surface area contributed by atoms with Gasteiger partial charge in [0.05, 0.1) is 6.20 Å². The number of aromatic nitrogens is 4. The molecule has 0 atom stereocenters. The maximum absolute atomic E-state index is 13.8. The Morgan fingerprint density at radius 3 is 2.93 bits per heavy atom. The summed E-state index contributed by atoms with van der Waals surface area (Å²) in [6, 6.07) is 11.1. The largest absolute Gasteiger partial charge is 0.339 e. The quantitative estimate of drug-likeness (QED) is 0.538. The van der Waals surface area contributed by atoms with Gasteiger partial charge in [0.2, 0.25) is 11.7 Å². The monoisotopic (exact) mass is 405 g/mol. The van der Waals surface area contributed by atoms with E-state index in [0.29, 0.717) is 47.1 Å². The van der Waals surface area contributed by atoms with Gasteiger partial charge in [-0.25, -0.2) is 9.37 Å². The van der Waals surface area contributed by atoms with Crippen molar-refractivity contribution in [2.75, 3.05) is 5.32 Å². The number of fused-ring (bicyclic) bond motifs is 1. The third-order valence-corrected chi connectivity index (χ3v) is 5.53. The van der Waals surface area contributed by atoms with Crippen LogP contribution >= 0.6 is 0 Å². The molecule has 1 N–H and O–H groups in total. The SMILES string of the molecule is Cc1ccc(-c2noc(C3CC(C)(F)C3)n2)cc1NC(=O)c1cnc2ccccn12. The van der Waals surface area contributed by atoms with Gasteiger partial charge in [-0.05, 0) is 50.5 Å². The zero-order valence-corrected chi connectivity index (χ0v) is 16.6. The van der Waals surface area contributed by atoms with Crippen LogP contribution in [0.2, 0.25) is 0 Å². The van der Waals surface area contributed by atoms with Gasteiger partial charge < -0.3 is 9.84 Å². The standard InChI is InChI=1S/C22H20FN5O2/c1-13-6-7-14(19-26-21(30-27-19)15-10-22(2,23)11-15)9-16(13)25-20(29)17-12-24-18-5-3-4-8-28(17)18/h3-9,12,15H,10-11H2,1-2H3,(H,25,29). The molecule has 0 spiro atoms. The Balaban J connectivity index is 1.39. The number of hydrogen-bond acceptors (Lipinski definition) is 5. The molecule has 1 aliphatic rings. The van der Waals surface area contributed by atoms with Crippen molar-refractivity contribution < 1.29 is 13.7 Å². The lowest BCUT2D eigenvalue weighted by molar-refractivity contribution is 0.0481. The third-order valence-electron chi connectivity index (χ3n) is 5.53. The number of aryl methyl sites for hydroxylation is 1. The zero-order valence-electron chi connectivity index (χ0n) is 16.6. The Kier molecular flexibility index (Phi) is 4.16. The van der Waals surface area contributed by atoms with Crippen LogP contribution in [0.25, 0.3) is 17.0 Å². The first-order chi connectivity index (χ1) is 14.4. The Morgan fingerprint density at radius 2 is 2.13 bits per heavy atom. The number of rotatable bonds is 4. The number of halogens is 1. The van der Waals surface area contributed by atoms with E-state index in [1.165, 1.54) is 0 Å². The van der Waals surface area contributed by atoms with E-state index in [0.717, 1.165) is 5.56 Å². The summed E-state index contributed by atoms with van der Waals surface area (Å²) in [7, 11) is 0. The van der Waals surface area contributed by atoms with Gasteiger partial charge in [0.1, 0.15) is 17.0 Å². The van der Waals surface area contributed by atoms with Crippen LogP contribution in [0, 0.1) is 6.92 Å². The molecule has 8 heteroatoms. The number of benzene rings is 1. The molecule has 3 aromatic heterocycles. The van der Waals surface area contributed by atoms with Gasteiger partial charge in [-0.2, -0.15) is 4.98 Å². The minimum absolute atomic E-state index is 0.0407. The molecule has 30 heavy (non-hydrogen) atoms. The highest BCUT2D eigenvalue weighted by atomic mass is 19.1. The average molecular weight is 405 g/mol. The first-order valence-corrected chi connectivity index (χ1v) is 9.77. The number of carbonyl (C=O) groups excluding carboxylic acids is 1. The predicted octanol–water partition coefficient (Wildman–Crippen LogP) is 4.55. The summed E-state index contributed by atoms with van der Waals surface area (Å²) in [5, 5.41) is 6.98. The molecule has 0 aliphatic heterocycles. The molecule has 152 valence electrons. The third kappa shape index (κ3) is 3.24. The van der Waals surface area contributed by atoms with Crippen molar-refractivity contribution >= 4 is 17.2 Å². The van der Waals surface area contributed by atoms with Crippen LogP contribution in [-0.4, -0.2) is 31.1 Å². The minimum Gasteiger partial charge on any atom is -0.339 e. The van der Waals surface area contributed by atoms with E-state index in [-0.39, 0.29) is 11.8 Å². The van der Waals surface area contributed by atoms with Crippen molar-refractivity contribution in [1.29, 1.82) is 0 Å². The van der Waals surface area contributed by atoms with Gasteiger partial charge in [-0.15, -0.1) is 0 Å². The molecule has 4 aromatic rings. The fourth-order valence-corrected chi connectivity index (χ4v) is 3.84. The van der Waals surface area contributed by atoms with E-state index in [4.69, 9.17) is 4.52 Å². The lowest BCUT2D eigenvalue weighted by Gasteiger charge is -2.36. The first-order valence-electron chi connectivity index (χ1n) is 9.77. The Hall–Kier alpha value is -3.55. The minimum atomic E-state index is -1.15. The number of nitrogens with zero attached hydrogens (tertiary/aromatic N) is 4. The van der Waals surface area contributed by atoms with Crippen molar-refractivity contribution in [2.24, 2.45) is 0 Å². The summed E-state index contributed by atoms with van der Waals surface area (Å²) in [5.74, 6) is 0.570. The number of carbonyl (C=O) groups is 1. The van der Waals surface area contributed by atoms with Gasteiger partial charge in [0.25, 0.3) is 5.91 Å². The first kappa shape index (κ1) is 18.5. The van der Waals surface area contributed by atoms with Crippen molar-refractivity contribution in [3.8, 4) is 11.4 Å². The molecular weight excluding hydrogens is 385 g/mol. The van der Waals surface area contributed by atoms with Gasteiger partial charge in [0, 0.05) is 23.4 Å². The number of alkyl halides is 1. The highest BCUT2D eigenvalue weighted by molar-refractivity contribution is 6.04. The summed E-state index contributed by atoms with van der Waals surface area (Å²) >= 11 is 0. The normalized spacial score (nSPS) is 20.8. The second-order valence-electron chi connectivity index (χ2n) is 8.03. The molecule has 1 aliphatic carbocycles. The summed E-state index contributed by atoms with van der Waals surface area (Å²) in [5.41, 5.74) is 2.25. The molecule has 1 saturated carbocycles. The number of anilines is 1. The number of nitrogens with one attached hydrogen (secondary N) is 1. The smallest absolute Gasteiger partial charge is 0.274 e. The van der Waals surface area contributed by atoms with Crippen molar-refractivity contribution in [1.82, 2.24) is 19.5 Å². The summed E-state index contributed by atoms with van der Waals surface area (Å²) < 4.78 is 20.8. The maximum Gasteiger partial charge on any atom is 0.274 e. The average Bonchev–Trinajstić information content (AvgIpc) is 3.35. The molecule has 7 nitrogen and oxygen atoms in total. The molecule has 5 rings (SSSR count). The van der Waals surface area contributed by atoms with Crippen LogP contribution in [0.5, 0.6) is 0 Å².